The molecule has 0 aliphatic carbocycles. The minimum absolute atomic E-state index is 0.0245. The minimum Gasteiger partial charge on any atom is -0.371 e. The second kappa shape index (κ2) is 6.70. The zero-order valence-corrected chi connectivity index (χ0v) is 12.5. The Morgan fingerprint density at radius 1 is 1.08 bits per heavy atom. The molecule has 0 aliphatic heterocycles. The number of non-ortho nitro benzene ring substituents is 1. The van der Waals surface area contributed by atoms with Gasteiger partial charge in [-0.25, -0.2) is 0 Å². The Balaban J connectivity index is 1.77. The first kappa shape index (κ1) is 16.0. The van der Waals surface area contributed by atoms with Gasteiger partial charge in [-0.3, -0.25) is 25.2 Å². The molecule has 3 rings (SSSR count). The molecule has 0 fully saturated rings. The Kier molecular flexibility index (Phi) is 4.28. The van der Waals surface area contributed by atoms with Gasteiger partial charge in [0, 0.05) is 24.0 Å². The van der Waals surface area contributed by atoms with Crippen molar-refractivity contribution in [1.29, 1.82) is 0 Å². The highest BCUT2D eigenvalue weighted by atomic mass is 16.6. The van der Waals surface area contributed by atoms with Crippen LogP contribution in [0.3, 0.4) is 0 Å². The average molecular weight is 342 g/mol. The number of rotatable bonds is 6. The second-order valence-electron chi connectivity index (χ2n) is 4.82. The van der Waals surface area contributed by atoms with E-state index in [0.29, 0.717) is 11.4 Å². The lowest BCUT2D eigenvalue weighted by Crippen LogP contribution is -2.03. The normalized spacial score (nSPS) is 10.4. The Morgan fingerprint density at radius 3 is 2.52 bits per heavy atom. The Labute approximate surface area is 139 Å². The van der Waals surface area contributed by atoms with Crippen molar-refractivity contribution in [1.82, 2.24) is 15.1 Å². The number of pyridine rings is 1. The molecular formula is C14H10N6O5. The van der Waals surface area contributed by atoms with E-state index in [0.717, 1.165) is 6.07 Å². The summed E-state index contributed by atoms with van der Waals surface area (Å²) in [7, 11) is 0. The zero-order chi connectivity index (χ0) is 17.8. The smallest absolute Gasteiger partial charge is 0.299 e. The maximum absolute atomic E-state index is 11.1. The summed E-state index contributed by atoms with van der Waals surface area (Å²) in [4.78, 5) is 28.5. The molecule has 11 nitrogen and oxygen atoms in total. The van der Waals surface area contributed by atoms with Crippen molar-refractivity contribution in [2.75, 3.05) is 5.32 Å². The Morgan fingerprint density at radius 2 is 1.84 bits per heavy atom. The second-order valence-corrected chi connectivity index (χ2v) is 4.82. The SMILES string of the molecule is O=[N+]([O-])c1ccc(NCc2nc(-c3ccncc3)no2)c([N+](=O)[O-])c1. The maximum Gasteiger partial charge on any atom is 0.299 e. The van der Waals surface area contributed by atoms with Crippen LogP contribution in [0.2, 0.25) is 0 Å². The first-order valence-corrected chi connectivity index (χ1v) is 6.94. The van der Waals surface area contributed by atoms with Gasteiger partial charge in [0.25, 0.3) is 11.4 Å². The van der Waals surface area contributed by atoms with Gasteiger partial charge in [0.2, 0.25) is 11.7 Å². The van der Waals surface area contributed by atoms with Gasteiger partial charge in [-0.2, -0.15) is 4.98 Å². The van der Waals surface area contributed by atoms with Crippen LogP contribution >= 0.6 is 0 Å². The van der Waals surface area contributed by atoms with Gasteiger partial charge in [0.05, 0.1) is 22.5 Å². The first-order chi connectivity index (χ1) is 12.0. The van der Waals surface area contributed by atoms with Crippen molar-refractivity contribution in [3.63, 3.8) is 0 Å². The van der Waals surface area contributed by atoms with Crippen molar-refractivity contribution >= 4 is 17.1 Å². The topological polar surface area (TPSA) is 150 Å². The molecule has 1 N–H and O–H groups in total. The monoisotopic (exact) mass is 342 g/mol. The highest BCUT2D eigenvalue weighted by Crippen LogP contribution is 2.29. The van der Waals surface area contributed by atoms with E-state index in [1.165, 1.54) is 12.1 Å². The number of anilines is 1. The molecule has 0 spiro atoms. The lowest BCUT2D eigenvalue weighted by molar-refractivity contribution is -0.393. The molecule has 0 amide bonds. The van der Waals surface area contributed by atoms with Crippen LogP contribution in [0.4, 0.5) is 17.1 Å². The number of nitro benzene ring substituents is 2. The Bertz CT molecular complexity index is 926. The highest BCUT2D eigenvalue weighted by Gasteiger charge is 2.20. The quantitative estimate of drug-likeness (QED) is 0.526. The summed E-state index contributed by atoms with van der Waals surface area (Å²) >= 11 is 0. The zero-order valence-electron chi connectivity index (χ0n) is 12.5. The number of nitro groups is 2. The molecule has 1 aromatic carbocycles. The third-order valence-electron chi connectivity index (χ3n) is 3.23. The van der Waals surface area contributed by atoms with E-state index >= 15 is 0 Å². The van der Waals surface area contributed by atoms with Crippen LogP contribution in [0.5, 0.6) is 0 Å². The minimum atomic E-state index is -0.703. The van der Waals surface area contributed by atoms with Crippen LogP contribution in [0.1, 0.15) is 5.89 Å². The summed E-state index contributed by atoms with van der Waals surface area (Å²) in [5.41, 5.74) is 0.0451. The number of aromatic nitrogens is 3. The maximum atomic E-state index is 11.1. The van der Waals surface area contributed by atoms with E-state index in [9.17, 15) is 20.2 Å². The summed E-state index contributed by atoms with van der Waals surface area (Å²) < 4.78 is 5.08. The summed E-state index contributed by atoms with van der Waals surface area (Å²) in [5.74, 6) is 0.567. The van der Waals surface area contributed by atoms with E-state index in [4.69, 9.17) is 4.52 Å². The van der Waals surface area contributed by atoms with Gasteiger partial charge in [0.15, 0.2) is 0 Å². The molecule has 0 saturated carbocycles. The van der Waals surface area contributed by atoms with Gasteiger partial charge < -0.3 is 9.84 Å². The molecule has 0 radical (unpaired) electrons. The molecule has 0 unspecified atom stereocenters. The fourth-order valence-electron chi connectivity index (χ4n) is 2.05. The first-order valence-electron chi connectivity index (χ1n) is 6.94. The lowest BCUT2D eigenvalue weighted by Gasteiger charge is -2.04. The summed E-state index contributed by atoms with van der Waals surface area (Å²) in [6.45, 7) is 0.0245. The summed E-state index contributed by atoms with van der Waals surface area (Å²) in [6, 6.07) is 6.74. The molecule has 11 heteroatoms. The molecule has 25 heavy (non-hydrogen) atoms. The number of hydrogen-bond donors (Lipinski definition) is 1. The van der Waals surface area contributed by atoms with Crippen LogP contribution in [-0.2, 0) is 6.54 Å². The van der Waals surface area contributed by atoms with E-state index in [1.54, 1.807) is 24.5 Å². The number of benzene rings is 1. The largest absolute Gasteiger partial charge is 0.371 e. The van der Waals surface area contributed by atoms with E-state index < -0.39 is 15.5 Å². The van der Waals surface area contributed by atoms with Crippen molar-refractivity contribution < 1.29 is 14.4 Å². The van der Waals surface area contributed by atoms with E-state index in [1.807, 2.05) is 0 Å². The number of nitrogens with one attached hydrogen (secondary N) is 1. The summed E-state index contributed by atoms with van der Waals surface area (Å²) in [5, 5.41) is 28.4. The van der Waals surface area contributed by atoms with Gasteiger partial charge in [-0.15, -0.1) is 0 Å². The standard InChI is InChI=1S/C14H10N6O5/c21-19(22)10-1-2-11(12(7-10)20(23)24)16-8-13-17-14(18-25-13)9-3-5-15-6-4-9/h1-7,16H,8H2. The number of nitrogens with zero attached hydrogens (tertiary/aromatic N) is 5. The van der Waals surface area contributed by atoms with Gasteiger partial charge >= 0.3 is 0 Å². The average Bonchev–Trinajstić information content (AvgIpc) is 3.09. The molecule has 3 aromatic rings. The van der Waals surface area contributed by atoms with E-state index in [-0.39, 0.29) is 23.8 Å². The summed E-state index contributed by atoms with van der Waals surface area (Å²) in [6.07, 6.45) is 3.17. The number of hydrogen-bond acceptors (Lipinski definition) is 9. The molecule has 2 aromatic heterocycles. The van der Waals surface area contributed by atoms with Crippen molar-refractivity contribution in [2.24, 2.45) is 0 Å². The third-order valence-corrected chi connectivity index (χ3v) is 3.23. The molecule has 0 atom stereocenters. The van der Waals surface area contributed by atoms with Gasteiger partial charge in [0.1, 0.15) is 5.69 Å². The van der Waals surface area contributed by atoms with Crippen molar-refractivity contribution in [3.8, 4) is 11.4 Å². The molecule has 0 bridgehead atoms. The molecular weight excluding hydrogens is 332 g/mol. The van der Waals surface area contributed by atoms with Crippen LogP contribution < -0.4 is 5.32 Å². The van der Waals surface area contributed by atoms with E-state index in [2.05, 4.69) is 20.4 Å². The van der Waals surface area contributed by atoms with Crippen LogP contribution in [0.25, 0.3) is 11.4 Å². The highest BCUT2D eigenvalue weighted by molar-refractivity contribution is 5.65. The molecule has 2 heterocycles. The van der Waals surface area contributed by atoms with Gasteiger partial charge in [-0.1, -0.05) is 5.16 Å². The molecule has 0 saturated heterocycles. The van der Waals surface area contributed by atoms with Crippen LogP contribution in [-0.4, -0.2) is 25.0 Å². The van der Waals surface area contributed by atoms with Crippen molar-refractivity contribution in [2.45, 2.75) is 6.54 Å². The van der Waals surface area contributed by atoms with Crippen molar-refractivity contribution in [3.05, 3.63) is 68.8 Å². The lowest BCUT2D eigenvalue weighted by atomic mass is 10.2. The van der Waals surface area contributed by atoms with Gasteiger partial charge in [-0.05, 0) is 18.2 Å². The Hall–Kier alpha value is -3.89. The van der Waals surface area contributed by atoms with Crippen LogP contribution in [0, 0.1) is 20.2 Å². The fraction of sp³-hybridized carbons (Fsp3) is 0.0714. The molecule has 0 aliphatic rings. The van der Waals surface area contributed by atoms with Crippen LogP contribution in [0.15, 0.2) is 47.2 Å². The predicted octanol–water partition coefficient (Wildman–Crippen LogP) is 2.56. The predicted molar refractivity (Wildman–Crippen MR) is 84.6 cm³/mol. The third kappa shape index (κ3) is 3.55. The fourth-order valence-corrected chi connectivity index (χ4v) is 2.05. The molecule has 126 valence electrons.